The number of para-hydroxylation sites is 1. The number of benzene rings is 1. The highest BCUT2D eigenvalue weighted by atomic mass is 16.6. The molecule has 1 aromatic carbocycles. The van der Waals surface area contributed by atoms with E-state index in [9.17, 15) is 10.1 Å². The van der Waals surface area contributed by atoms with Crippen LogP contribution in [-0.2, 0) is 0 Å². The number of nitro groups is 1. The molecule has 0 unspecified atom stereocenters. The summed E-state index contributed by atoms with van der Waals surface area (Å²) in [5.41, 5.74) is 2.62. The maximum absolute atomic E-state index is 10.9. The lowest BCUT2D eigenvalue weighted by Gasteiger charge is -2.08. The molecule has 0 radical (unpaired) electrons. The molecule has 0 amide bonds. The van der Waals surface area contributed by atoms with Crippen molar-refractivity contribution < 1.29 is 9.34 Å². The zero-order valence-electron chi connectivity index (χ0n) is 10.1. The summed E-state index contributed by atoms with van der Waals surface area (Å²) in [6.07, 6.45) is 3.09. The Kier molecular flexibility index (Phi) is 2.79. The average molecular weight is 256 g/mol. The first-order valence-corrected chi connectivity index (χ1v) is 5.95. The molecule has 2 aromatic heterocycles. The molecule has 1 N–H and O–H groups in total. The van der Waals surface area contributed by atoms with Crippen LogP contribution in [0, 0.1) is 10.1 Å². The van der Waals surface area contributed by atoms with E-state index in [0.717, 1.165) is 22.2 Å². The van der Waals surface area contributed by atoms with Crippen LogP contribution in [0.15, 0.2) is 53.3 Å². The van der Waals surface area contributed by atoms with Crippen molar-refractivity contribution >= 4 is 10.9 Å². The van der Waals surface area contributed by atoms with Crippen molar-refractivity contribution in [1.29, 1.82) is 0 Å². The van der Waals surface area contributed by atoms with E-state index in [1.807, 2.05) is 30.3 Å². The lowest BCUT2D eigenvalue weighted by molar-refractivity contribution is -0.481. The minimum absolute atomic E-state index is 0.160. The van der Waals surface area contributed by atoms with Gasteiger partial charge in [-0.05, 0) is 23.6 Å². The topological polar surface area (TPSA) is 72.1 Å². The molecular weight excluding hydrogens is 244 g/mol. The van der Waals surface area contributed by atoms with Crippen molar-refractivity contribution in [3.8, 4) is 0 Å². The monoisotopic (exact) mass is 256 g/mol. The van der Waals surface area contributed by atoms with Crippen molar-refractivity contribution in [3.05, 3.63) is 70.3 Å². The molecule has 0 saturated heterocycles. The van der Waals surface area contributed by atoms with Crippen LogP contribution in [0.2, 0.25) is 0 Å². The van der Waals surface area contributed by atoms with Gasteiger partial charge in [-0.3, -0.25) is 10.1 Å². The van der Waals surface area contributed by atoms with Crippen molar-refractivity contribution in [2.24, 2.45) is 0 Å². The Morgan fingerprint density at radius 1 is 1.32 bits per heavy atom. The Morgan fingerprint density at radius 3 is 2.84 bits per heavy atom. The van der Waals surface area contributed by atoms with Gasteiger partial charge in [0.25, 0.3) is 0 Å². The molecule has 3 rings (SSSR count). The molecule has 2 heterocycles. The highest BCUT2D eigenvalue weighted by molar-refractivity contribution is 5.80. The standard InChI is InChI=1S/C14H12N2O3/c17-16(18)8-12(11-5-6-19-9-11)14-7-10-3-1-2-4-13(10)15-14/h1-7,9,12,15H,8H2/t12-/m1/s1. The molecule has 1 atom stereocenters. The largest absolute Gasteiger partial charge is 0.472 e. The van der Waals surface area contributed by atoms with E-state index < -0.39 is 0 Å². The number of hydrogen-bond acceptors (Lipinski definition) is 3. The first-order chi connectivity index (χ1) is 9.24. The third-order valence-electron chi connectivity index (χ3n) is 3.20. The Hall–Kier alpha value is -2.56. The normalized spacial score (nSPS) is 12.6. The van der Waals surface area contributed by atoms with Crippen molar-refractivity contribution in [2.75, 3.05) is 6.54 Å². The second-order valence-corrected chi connectivity index (χ2v) is 4.44. The number of aromatic nitrogens is 1. The van der Waals surface area contributed by atoms with Gasteiger partial charge in [-0.15, -0.1) is 0 Å². The number of aromatic amines is 1. The van der Waals surface area contributed by atoms with Crippen LogP contribution in [0.3, 0.4) is 0 Å². The van der Waals surface area contributed by atoms with Gasteiger partial charge in [0.2, 0.25) is 6.54 Å². The molecule has 0 bridgehead atoms. The maximum Gasteiger partial charge on any atom is 0.216 e. The van der Waals surface area contributed by atoms with Crippen LogP contribution in [-0.4, -0.2) is 16.5 Å². The molecule has 0 aliphatic heterocycles. The smallest absolute Gasteiger partial charge is 0.216 e. The van der Waals surface area contributed by atoms with E-state index in [4.69, 9.17) is 4.42 Å². The summed E-state index contributed by atoms with van der Waals surface area (Å²) in [6, 6.07) is 11.5. The molecule has 0 fully saturated rings. The average Bonchev–Trinajstić information content (AvgIpc) is 3.04. The van der Waals surface area contributed by atoms with Gasteiger partial charge >= 0.3 is 0 Å². The van der Waals surface area contributed by atoms with E-state index in [2.05, 4.69) is 4.98 Å². The number of H-pyrrole nitrogens is 1. The number of furan rings is 1. The van der Waals surface area contributed by atoms with E-state index >= 15 is 0 Å². The molecule has 0 aliphatic rings. The van der Waals surface area contributed by atoms with Gasteiger partial charge in [-0.25, -0.2) is 0 Å². The van der Waals surface area contributed by atoms with Gasteiger partial charge < -0.3 is 9.40 Å². The zero-order chi connectivity index (χ0) is 13.2. The molecule has 0 aliphatic carbocycles. The highest BCUT2D eigenvalue weighted by Crippen LogP contribution is 2.27. The van der Waals surface area contributed by atoms with E-state index in [1.165, 1.54) is 6.26 Å². The predicted octanol–water partition coefficient (Wildman–Crippen LogP) is 3.17. The molecule has 5 heteroatoms. The summed E-state index contributed by atoms with van der Waals surface area (Å²) in [6.45, 7) is -0.160. The fourth-order valence-electron chi connectivity index (χ4n) is 2.29. The Balaban J connectivity index is 2.05. The van der Waals surface area contributed by atoms with Crippen molar-refractivity contribution in [1.82, 2.24) is 4.98 Å². The van der Waals surface area contributed by atoms with Crippen molar-refractivity contribution in [3.63, 3.8) is 0 Å². The molecule has 19 heavy (non-hydrogen) atoms. The Bertz CT molecular complexity index is 667. The van der Waals surface area contributed by atoms with Crippen molar-refractivity contribution in [2.45, 2.75) is 5.92 Å². The summed E-state index contributed by atoms with van der Waals surface area (Å²) in [5.74, 6) is -0.318. The minimum atomic E-state index is -0.318. The lowest BCUT2D eigenvalue weighted by Crippen LogP contribution is -2.13. The maximum atomic E-state index is 10.9. The van der Waals surface area contributed by atoms with Crippen LogP contribution in [0.1, 0.15) is 17.2 Å². The number of hydrogen-bond donors (Lipinski definition) is 1. The molecule has 96 valence electrons. The lowest BCUT2D eigenvalue weighted by atomic mass is 9.98. The van der Waals surface area contributed by atoms with Crippen LogP contribution >= 0.6 is 0 Å². The highest BCUT2D eigenvalue weighted by Gasteiger charge is 2.22. The number of rotatable bonds is 4. The second-order valence-electron chi connectivity index (χ2n) is 4.44. The summed E-state index contributed by atoms with van der Waals surface area (Å²) < 4.78 is 5.04. The van der Waals surface area contributed by atoms with Gasteiger partial charge in [-0.1, -0.05) is 18.2 Å². The van der Waals surface area contributed by atoms with Gasteiger partial charge in [0.1, 0.15) is 0 Å². The van der Waals surface area contributed by atoms with Crippen LogP contribution in [0.25, 0.3) is 10.9 Å². The summed E-state index contributed by atoms with van der Waals surface area (Å²) in [7, 11) is 0. The van der Waals surface area contributed by atoms with E-state index in [1.54, 1.807) is 12.3 Å². The minimum Gasteiger partial charge on any atom is -0.472 e. The first kappa shape index (κ1) is 11.5. The van der Waals surface area contributed by atoms with Crippen LogP contribution in [0.4, 0.5) is 0 Å². The van der Waals surface area contributed by atoms with Gasteiger partial charge in [-0.2, -0.15) is 0 Å². The SMILES string of the molecule is O=[N+]([O-])C[C@H](c1ccoc1)c1cc2ccccc2[nH]1. The second kappa shape index (κ2) is 4.61. The van der Waals surface area contributed by atoms with Crippen LogP contribution < -0.4 is 0 Å². The molecule has 0 saturated carbocycles. The third kappa shape index (κ3) is 2.22. The number of nitrogens with one attached hydrogen (secondary N) is 1. The fraction of sp³-hybridized carbons (Fsp3) is 0.143. The number of nitrogens with zero attached hydrogens (tertiary/aromatic N) is 1. The summed E-state index contributed by atoms with van der Waals surface area (Å²) in [5, 5.41) is 11.9. The quantitative estimate of drug-likeness (QED) is 0.575. The van der Waals surface area contributed by atoms with Gasteiger partial charge in [0.05, 0.1) is 18.4 Å². The Morgan fingerprint density at radius 2 is 2.16 bits per heavy atom. The van der Waals surface area contributed by atoms with E-state index in [0.29, 0.717) is 0 Å². The number of fused-ring (bicyclic) bond motifs is 1. The molecular formula is C14H12N2O3. The first-order valence-electron chi connectivity index (χ1n) is 5.95. The third-order valence-corrected chi connectivity index (χ3v) is 3.20. The zero-order valence-corrected chi connectivity index (χ0v) is 10.1. The summed E-state index contributed by atoms with van der Waals surface area (Å²) in [4.78, 5) is 13.8. The van der Waals surface area contributed by atoms with Gasteiger partial charge in [0, 0.05) is 21.7 Å². The Labute approximate surface area is 109 Å². The fourth-order valence-corrected chi connectivity index (χ4v) is 2.29. The van der Waals surface area contributed by atoms with Crippen LogP contribution in [0.5, 0.6) is 0 Å². The summed E-state index contributed by atoms with van der Waals surface area (Å²) >= 11 is 0. The van der Waals surface area contributed by atoms with Gasteiger partial charge in [0.15, 0.2) is 0 Å². The predicted molar refractivity (Wildman–Crippen MR) is 70.7 cm³/mol. The molecule has 0 spiro atoms. The van der Waals surface area contributed by atoms with E-state index in [-0.39, 0.29) is 17.4 Å². The molecule has 3 aromatic rings. The molecule has 5 nitrogen and oxygen atoms in total.